The van der Waals surface area contributed by atoms with Gasteiger partial charge < -0.3 is 4.57 Å². The first-order valence-corrected chi connectivity index (χ1v) is 6.37. The van der Waals surface area contributed by atoms with Gasteiger partial charge in [0.1, 0.15) is 11.6 Å². The van der Waals surface area contributed by atoms with Gasteiger partial charge >= 0.3 is 0 Å². The number of rotatable bonds is 5. The van der Waals surface area contributed by atoms with Gasteiger partial charge in [0.25, 0.3) is 0 Å². The number of hydrogen-bond acceptors (Lipinski definition) is 3. The smallest absolute Gasteiger partial charge is 0.129 e. The molecule has 0 aliphatic rings. The van der Waals surface area contributed by atoms with Gasteiger partial charge in [-0.1, -0.05) is 17.7 Å². The number of aromatic nitrogens is 2. The molecule has 0 saturated carbocycles. The predicted octanol–water partition coefficient (Wildman–Crippen LogP) is 2.35. The number of nitrogens with two attached hydrogens (primary N) is 1. The van der Waals surface area contributed by atoms with E-state index in [9.17, 15) is 4.39 Å². The zero-order chi connectivity index (χ0) is 13.8. The van der Waals surface area contributed by atoms with Crippen LogP contribution >= 0.6 is 11.6 Å². The zero-order valence-corrected chi connectivity index (χ0v) is 11.4. The molecule has 1 heterocycles. The Morgan fingerprint density at radius 2 is 2.32 bits per heavy atom. The lowest BCUT2D eigenvalue weighted by Gasteiger charge is -2.17. The second kappa shape index (κ2) is 6.14. The zero-order valence-electron chi connectivity index (χ0n) is 10.6. The van der Waals surface area contributed by atoms with E-state index in [0.29, 0.717) is 23.4 Å². The molecular weight excluding hydrogens is 267 g/mol. The average Bonchev–Trinajstić information content (AvgIpc) is 2.78. The van der Waals surface area contributed by atoms with E-state index in [1.807, 2.05) is 17.8 Å². The topological polar surface area (TPSA) is 55.9 Å². The predicted molar refractivity (Wildman–Crippen MR) is 73.0 cm³/mol. The highest BCUT2D eigenvalue weighted by molar-refractivity contribution is 6.30. The average molecular weight is 283 g/mol. The number of imidazole rings is 1. The second-order valence-corrected chi connectivity index (χ2v) is 4.81. The molecule has 102 valence electrons. The fraction of sp³-hybridized carbons (Fsp3) is 0.308. The minimum Gasteiger partial charge on any atom is -0.338 e. The van der Waals surface area contributed by atoms with Crippen LogP contribution in [0.4, 0.5) is 4.39 Å². The molecule has 1 unspecified atom stereocenters. The van der Waals surface area contributed by atoms with Gasteiger partial charge in [-0.3, -0.25) is 11.3 Å². The molecule has 0 amide bonds. The van der Waals surface area contributed by atoms with Crippen molar-refractivity contribution in [1.82, 2.24) is 15.0 Å². The fourth-order valence-electron chi connectivity index (χ4n) is 2.02. The van der Waals surface area contributed by atoms with Crippen LogP contribution in [0.3, 0.4) is 0 Å². The van der Waals surface area contributed by atoms with Gasteiger partial charge in [-0.05, 0) is 18.6 Å². The van der Waals surface area contributed by atoms with Crippen LogP contribution in [0, 0.1) is 5.82 Å². The summed E-state index contributed by atoms with van der Waals surface area (Å²) in [5.74, 6) is 6.10. The van der Waals surface area contributed by atoms with Crippen molar-refractivity contribution in [1.29, 1.82) is 0 Å². The Morgan fingerprint density at radius 1 is 1.53 bits per heavy atom. The lowest BCUT2D eigenvalue weighted by atomic mass is 10.0. The first-order valence-electron chi connectivity index (χ1n) is 5.99. The molecular formula is C13H16ClFN4. The van der Waals surface area contributed by atoms with Crippen molar-refractivity contribution in [3.8, 4) is 0 Å². The van der Waals surface area contributed by atoms with Gasteiger partial charge in [0.05, 0.1) is 0 Å². The molecule has 0 bridgehead atoms. The van der Waals surface area contributed by atoms with Crippen LogP contribution < -0.4 is 11.3 Å². The van der Waals surface area contributed by atoms with Crippen LogP contribution in [-0.2, 0) is 13.5 Å². The van der Waals surface area contributed by atoms with Gasteiger partial charge in [0, 0.05) is 42.5 Å². The van der Waals surface area contributed by atoms with Crippen molar-refractivity contribution in [2.45, 2.75) is 18.9 Å². The van der Waals surface area contributed by atoms with Gasteiger partial charge in [0.2, 0.25) is 0 Å². The second-order valence-electron chi connectivity index (χ2n) is 4.38. The molecule has 2 aromatic rings. The van der Waals surface area contributed by atoms with Crippen molar-refractivity contribution in [3.05, 3.63) is 52.8 Å². The summed E-state index contributed by atoms with van der Waals surface area (Å²) in [6.45, 7) is 0. The van der Waals surface area contributed by atoms with Crippen LogP contribution in [0.1, 0.15) is 23.9 Å². The highest BCUT2D eigenvalue weighted by Crippen LogP contribution is 2.23. The highest BCUT2D eigenvalue weighted by atomic mass is 35.5. The molecule has 2 rings (SSSR count). The SMILES string of the molecule is Cn1ccnc1CCC(NN)c1ccc(Cl)cc1F. The molecule has 3 N–H and O–H groups in total. The van der Waals surface area contributed by atoms with E-state index in [4.69, 9.17) is 17.4 Å². The van der Waals surface area contributed by atoms with E-state index in [1.165, 1.54) is 6.07 Å². The molecule has 0 spiro atoms. The number of hydrogen-bond donors (Lipinski definition) is 2. The molecule has 0 aliphatic carbocycles. The maximum Gasteiger partial charge on any atom is 0.129 e. The summed E-state index contributed by atoms with van der Waals surface area (Å²) in [5, 5.41) is 0.376. The molecule has 19 heavy (non-hydrogen) atoms. The van der Waals surface area contributed by atoms with Crippen molar-refractivity contribution in [3.63, 3.8) is 0 Å². The molecule has 1 atom stereocenters. The van der Waals surface area contributed by atoms with E-state index < -0.39 is 0 Å². The van der Waals surface area contributed by atoms with Crippen LogP contribution in [0.25, 0.3) is 0 Å². The number of nitrogens with zero attached hydrogens (tertiary/aromatic N) is 2. The Hall–Kier alpha value is -1.43. The number of halogens is 2. The van der Waals surface area contributed by atoms with Crippen molar-refractivity contribution >= 4 is 11.6 Å². The van der Waals surface area contributed by atoms with Crippen LogP contribution in [-0.4, -0.2) is 9.55 Å². The number of hydrazine groups is 1. The Bertz CT molecular complexity index is 555. The van der Waals surface area contributed by atoms with E-state index in [2.05, 4.69) is 10.4 Å². The molecule has 0 fully saturated rings. The minimum absolute atomic E-state index is 0.269. The third kappa shape index (κ3) is 3.32. The van der Waals surface area contributed by atoms with E-state index in [1.54, 1.807) is 18.3 Å². The minimum atomic E-state index is -0.352. The molecule has 6 heteroatoms. The Labute approximate surface area is 116 Å². The highest BCUT2D eigenvalue weighted by Gasteiger charge is 2.15. The van der Waals surface area contributed by atoms with Crippen LogP contribution in [0.15, 0.2) is 30.6 Å². The number of nitrogens with one attached hydrogen (secondary N) is 1. The first kappa shape index (κ1) is 14.0. The normalized spacial score (nSPS) is 12.6. The van der Waals surface area contributed by atoms with Gasteiger partial charge in [-0.15, -0.1) is 0 Å². The fourth-order valence-corrected chi connectivity index (χ4v) is 2.18. The Kier molecular flexibility index (Phi) is 4.52. The maximum absolute atomic E-state index is 13.8. The van der Waals surface area contributed by atoms with Crippen LogP contribution in [0.5, 0.6) is 0 Å². The standard InChI is InChI=1S/C13H16ClFN4/c1-19-7-6-17-13(19)5-4-12(18-16)10-3-2-9(14)8-11(10)15/h2-3,6-8,12,18H,4-5,16H2,1H3. The number of aryl methyl sites for hydroxylation is 2. The van der Waals surface area contributed by atoms with Crippen LogP contribution in [0.2, 0.25) is 5.02 Å². The summed E-state index contributed by atoms with van der Waals surface area (Å²) in [4.78, 5) is 4.23. The van der Waals surface area contributed by atoms with Crippen molar-refractivity contribution in [2.75, 3.05) is 0 Å². The quantitative estimate of drug-likeness (QED) is 0.654. The molecule has 0 saturated heterocycles. The molecule has 4 nitrogen and oxygen atoms in total. The van der Waals surface area contributed by atoms with Crippen molar-refractivity contribution in [2.24, 2.45) is 12.9 Å². The monoisotopic (exact) mass is 282 g/mol. The summed E-state index contributed by atoms with van der Waals surface area (Å²) < 4.78 is 15.8. The lowest BCUT2D eigenvalue weighted by Crippen LogP contribution is -2.29. The molecule has 0 aliphatic heterocycles. The molecule has 1 aromatic carbocycles. The van der Waals surface area contributed by atoms with E-state index in [-0.39, 0.29) is 11.9 Å². The van der Waals surface area contributed by atoms with E-state index >= 15 is 0 Å². The summed E-state index contributed by atoms with van der Waals surface area (Å²) >= 11 is 5.74. The Morgan fingerprint density at radius 3 is 2.89 bits per heavy atom. The third-order valence-electron chi connectivity index (χ3n) is 3.12. The summed E-state index contributed by atoms with van der Waals surface area (Å²) in [6, 6.07) is 4.34. The summed E-state index contributed by atoms with van der Waals surface area (Å²) in [5.41, 5.74) is 3.16. The van der Waals surface area contributed by atoms with Gasteiger partial charge in [-0.2, -0.15) is 0 Å². The Balaban J connectivity index is 2.10. The maximum atomic E-state index is 13.8. The largest absolute Gasteiger partial charge is 0.338 e. The van der Waals surface area contributed by atoms with Crippen molar-refractivity contribution < 1.29 is 4.39 Å². The molecule has 0 radical (unpaired) electrons. The van der Waals surface area contributed by atoms with Gasteiger partial charge in [-0.25, -0.2) is 9.37 Å². The number of benzene rings is 1. The molecule has 1 aromatic heterocycles. The lowest BCUT2D eigenvalue weighted by molar-refractivity contribution is 0.479. The van der Waals surface area contributed by atoms with E-state index in [0.717, 1.165) is 5.82 Å². The summed E-state index contributed by atoms with van der Waals surface area (Å²) in [7, 11) is 1.93. The third-order valence-corrected chi connectivity index (χ3v) is 3.35. The van der Waals surface area contributed by atoms with Gasteiger partial charge in [0.15, 0.2) is 0 Å². The summed E-state index contributed by atoms with van der Waals surface area (Å²) in [6.07, 6.45) is 4.98. The first-order chi connectivity index (χ1) is 9.11.